The monoisotopic (exact) mass is 400 g/mol. The number of rotatable bonds is 7. The summed E-state index contributed by atoms with van der Waals surface area (Å²) in [5.41, 5.74) is 0.794. The number of ether oxygens (including phenoxy) is 1. The molecular formula is C20H17ClN2O5. The van der Waals surface area contributed by atoms with Gasteiger partial charge in [0.15, 0.2) is 6.61 Å². The van der Waals surface area contributed by atoms with Gasteiger partial charge in [-0.05, 0) is 42.5 Å². The third kappa shape index (κ3) is 4.89. The molecule has 0 N–H and O–H groups in total. The Hall–Kier alpha value is -3.32. The largest absolute Gasteiger partial charge is 0.484 e. The fourth-order valence-corrected chi connectivity index (χ4v) is 2.62. The van der Waals surface area contributed by atoms with Gasteiger partial charge < -0.3 is 14.1 Å². The van der Waals surface area contributed by atoms with Gasteiger partial charge >= 0.3 is 0 Å². The van der Waals surface area contributed by atoms with Crippen molar-refractivity contribution in [2.24, 2.45) is 0 Å². The molecule has 0 spiro atoms. The molecular weight excluding hydrogens is 384 g/mol. The summed E-state index contributed by atoms with van der Waals surface area (Å²) in [6.07, 6.45) is 0. The number of nitro groups is 1. The number of likely N-dealkylation sites (N-methyl/N-ethyl adjacent to an activating group) is 1. The summed E-state index contributed by atoms with van der Waals surface area (Å²) in [5, 5.41) is 11.4. The number of carbonyl (C=O) groups excluding carboxylic acids is 1. The molecule has 144 valence electrons. The van der Waals surface area contributed by atoms with Crippen LogP contribution in [-0.2, 0) is 11.3 Å². The quantitative estimate of drug-likeness (QED) is 0.429. The third-order valence-electron chi connectivity index (χ3n) is 4.00. The molecule has 7 nitrogen and oxygen atoms in total. The van der Waals surface area contributed by atoms with E-state index in [1.807, 2.05) is 18.2 Å². The van der Waals surface area contributed by atoms with Crippen LogP contribution in [0.1, 0.15) is 5.76 Å². The summed E-state index contributed by atoms with van der Waals surface area (Å²) >= 11 is 5.89. The highest BCUT2D eigenvalue weighted by Crippen LogP contribution is 2.24. The molecule has 2 aromatic carbocycles. The van der Waals surface area contributed by atoms with E-state index in [1.54, 1.807) is 31.3 Å². The van der Waals surface area contributed by atoms with E-state index in [0.717, 1.165) is 5.56 Å². The maximum absolute atomic E-state index is 12.3. The molecule has 0 radical (unpaired) electrons. The Balaban J connectivity index is 1.56. The van der Waals surface area contributed by atoms with Crippen molar-refractivity contribution >= 4 is 23.2 Å². The van der Waals surface area contributed by atoms with Gasteiger partial charge in [-0.2, -0.15) is 0 Å². The number of furan rings is 1. The Morgan fingerprint density at radius 2 is 1.93 bits per heavy atom. The highest BCUT2D eigenvalue weighted by molar-refractivity contribution is 6.30. The molecule has 0 aliphatic carbocycles. The van der Waals surface area contributed by atoms with E-state index in [-0.39, 0.29) is 30.5 Å². The van der Waals surface area contributed by atoms with Crippen molar-refractivity contribution in [1.82, 2.24) is 4.90 Å². The molecule has 0 aliphatic heterocycles. The van der Waals surface area contributed by atoms with Crippen molar-refractivity contribution in [1.29, 1.82) is 0 Å². The van der Waals surface area contributed by atoms with E-state index >= 15 is 0 Å². The maximum atomic E-state index is 12.3. The van der Waals surface area contributed by atoms with Gasteiger partial charge in [0.25, 0.3) is 11.6 Å². The normalized spacial score (nSPS) is 10.5. The number of nitro benzene ring substituents is 1. The van der Waals surface area contributed by atoms with Crippen molar-refractivity contribution in [2.75, 3.05) is 13.7 Å². The van der Waals surface area contributed by atoms with Crippen LogP contribution in [0.2, 0.25) is 5.02 Å². The van der Waals surface area contributed by atoms with E-state index in [2.05, 4.69) is 0 Å². The van der Waals surface area contributed by atoms with Gasteiger partial charge in [0.1, 0.15) is 17.3 Å². The molecule has 1 heterocycles. The van der Waals surface area contributed by atoms with Crippen LogP contribution < -0.4 is 4.74 Å². The minimum absolute atomic E-state index is 0.0939. The van der Waals surface area contributed by atoms with E-state index in [0.29, 0.717) is 16.5 Å². The molecule has 1 amide bonds. The van der Waals surface area contributed by atoms with Crippen molar-refractivity contribution in [3.05, 3.63) is 81.6 Å². The maximum Gasteiger partial charge on any atom is 0.273 e. The first-order valence-corrected chi connectivity index (χ1v) is 8.76. The molecule has 3 aromatic rings. The van der Waals surface area contributed by atoms with Crippen LogP contribution in [0.5, 0.6) is 5.75 Å². The molecule has 0 unspecified atom stereocenters. The van der Waals surface area contributed by atoms with Crippen molar-refractivity contribution in [3.63, 3.8) is 0 Å². The number of halogens is 1. The molecule has 1 aromatic heterocycles. The Morgan fingerprint density at radius 1 is 1.18 bits per heavy atom. The first kappa shape index (κ1) is 19.4. The van der Waals surface area contributed by atoms with Gasteiger partial charge in [-0.25, -0.2) is 0 Å². The van der Waals surface area contributed by atoms with Crippen molar-refractivity contribution < 1.29 is 18.9 Å². The standard InChI is InChI=1S/C20H17ClN2O5/c1-22(20(24)13-27-17-4-2-3-16(11-17)23(25)26)12-18-9-10-19(28-18)14-5-7-15(21)8-6-14/h2-11H,12-13H2,1H3. The molecule has 28 heavy (non-hydrogen) atoms. The highest BCUT2D eigenvalue weighted by atomic mass is 35.5. The van der Waals surface area contributed by atoms with E-state index in [9.17, 15) is 14.9 Å². The van der Waals surface area contributed by atoms with E-state index < -0.39 is 4.92 Å². The minimum Gasteiger partial charge on any atom is -0.484 e. The highest BCUT2D eigenvalue weighted by Gasteiger charge is 2.14. The second kappa shape index (κ2) is 8.58. The SMILES string of the molecule is CN(Cc1ccc(-c2ccc(Cl)cc2)o1)C(=O)COc1cccc([N+](=O)[O-])c1. The number of carbonyl (C=O) groups is 1. The Bertz CT molecular complexity index is 984. The van der Waals surface area contributed by atoms with Crippen LogP contribution in [0.15, 0.2) is 65.1 Å². The van der Waals surface area contributed by atoms with Crippen LogP contribution in [0.3, 0.4) is 0 Å². The Kier molecular flexibility index (Phi) is 5.96. The van der Waals surface area contributed by atoms with Crippen LogP contribution in [-0.4, -0.2) is 29.4 Å². The molecule has 0 aliphatic rings. The molecule has 3 rings (SSSR count). The fourth-order valence-electron chi connectivity index (χ4n) is 2.50. The number of nitrogens with zero attached hydrogens (tertiary/aromatic N) is 2. The number of amides is 1. The molecule has 0 fully saturated rings. The summed E-state index contributed by atoms with van der Waals surface area (Å²) in [6, 6.07) is 16.6. The van der Waals surface area contributed by atoms with Gasteiger partial charge in [0, 0.05) is 23.7 Å². The second-order valence-electron chi connectivity index (χ2n) is 6.07. The second-order valence-corrected chi connectivity index (χ2v) is 6.50. The molecule has 0 atom stereocenters. The molecule has 0 bridgehead atoms. The van der Waals surface area contributed by atoms with E-state index in [4.69, 9.17) is 20.8 Å². The average Bonchev–Trinajstić information content (AvgIpc) is 3.15. The molecule has 0 saturated carbocycles. The Morgan fingerprint density at radius 3 is 2.64 bits per heavy atom. The topological polar surface area (TPSA) is 85.8 Å². The average molecular weight is 401 g/mol. The van der Waals surface area contributed by atoms with Crippen molar-refractivity contribution in [2.45, 2.75) is 6.54 Å². The summed E-state index contributed by atoms with van der Waals surface area (Å²) in [7, 11) is 1.63. The van der Waals surface area contributed by atoms with Crippen LogP contribution in [0.4, 0.5) is 5.69 Å². The zero-order chi connectivity index (χ0) is 20.1. The Labute approximate surface area is 166 Å². The summed E-state index contributed by atoms with van der Waals surface area (Å²) in [6.45, 7) is 0.0349. The summed E-state index contributed by atoms with van der Waals surface area (Å²) < 4.78 is 11.1. The van der Waals surface area contributed by atoms with Gasteiger partial charge in [0.2, 0.25) is 0 Å². The number of hydrogen-bond acceptors (Lipinski definition) is 5. The van der Waals surface area contributed by atoms with Crippen molar-refractivity contribution in [3.8, 4) is 17.1 Å². The molecule has 8 heteroatoms. The van der Waals surface area contributed by atoms with Crippen LogP contribution in [0.25, 0.3) is 11.3 Å². The zero-order valence-electron chi connectivity index (χ0n) is 15.0. The van der Waals surface area contributed by atoms with Crippen LogP contribution in [0, 0.1) is 10.1 Å². The van der Waals surface area contributed by atoms with Gasteiger partial charge in [0.05, 0.1) is 17.5 Å². The lowest BCUT2D eigenvalue weighted by molar-refractivity contribution is -0.384. The summed E-state index contributed by atoms with van der Waals surface area (Å²) in [4.78, 5) is 24.0. The van der Waals surface area contributed by atoms with Gasteiger partial charge in [-0.15, -0.1) is 0 Å². The number of non-ortho nitro benzene ring substituents is 1. The minimum atomic E-state index is -0.518. The van der Waals surface area contributed by atoms with E-state index in [1.165, 1.54) is 23.1 Å². The number of benzene rings is 2. The lowest BCUT2D eigenvalue weighted by atomic mass is 10.2. The van der Waals surface area contributed by atoms with Gasteiger partial charge in [-0.1, -0.05) is 17.7 Å². The molecule has 0 saturated heterocycles. The predicted molar refractivity (Wildman–Crippen MR) is 104 cm³/mol. The van der Waals surface area contributed by atoms with Gasteiger partial charge in [-0.3, -0.25) is 14.9 Å². The first-order valence-electron chi connectivity index (χ1n) is 8.38. The fraction of sp³-hybridized carbons (Fsp3) is 0.150. The predicted octanol–water partition coefficient (Wildman–Crippen LogP) is 4.55. The lowest BCUT2D eigenvalue weighted by Crippen LogP contribution is -2.30. The summed E-state index contributed by atoms with van der Waals surface area (Å²) in [5.74, 6) is 1.28. The lowest BCUT2D eigenvalue weighted by Gasteiger charge is -2.16. The first-order chi connectivity index (χ1) is 13.4. The smallest absolute Gasteiger partial charge is 0.273 e. The third-order valence-corrected chi connectivity index (χ3v) is 4.25. The zero-order valence-corrected chi connectivity index (χ0v) is 15.8. The van der Waals surface area contributed by atoms with Crippen LogP contribution >= 0.6 is 11.6 Å². The number of hydrogen-bond donors (Lipinski definition) is 0.